The van der Waals surface area contributed by atoms with Gasteiger partial charge in [0.1, 0.15) is 12.8 Å². The minimum atomic E-state index is -1.19. The average Bonchev–Trinajstić information content (AvgIpc) is 2.69. The van der Waals surface area contributed by atoms with Crippen LogP contribution in [0.15, 0.2) is 29.1 Å². The molecule has 1 N–H and O–H groups in total. The van der Waals surface area contributed by atoms with E-state index in [1.54, 1.807) is 24.3 Å². The number of halogens is 1. The zero-order valence-electron chi connectivity index (χ0n) is 10.2. The van der Waals surface area contributed by atoms with Crippen molar-refractivity contribution >= 4 is 23.9 Å². The van der Waals surface area contributed by atoms with Crippen LogP contribution in [0.3, 0.4) is 0 Å². The van der Waals surface area contributed by atoms with Crippen LogP contribution in [0, 0.1) is 0 Å². The lowest BCUT2D eigenvalue weighted by Gasteiger charge is -2.01. The Morgan fingerprint density at radius 1 is 1.35 bits per heavy atom. The van der Waals surface area contributed by atoms with E-state index in [0.717, 1.165) is 9.25 Å². The summed E-state index contributed by atoms with van der Waals surface area (Å²) >= 11 is 5.78. The fourth-order valence-corrected chi connectivity index (χ4v) is 1.85. The summed E-state index contributed by atoms with van der Waals surface area (Å²) in [7, 11) is 0. The van der Waals surface area contributed by atoms with Crippen molar-refractivity contribution < 1.29 is 14.7 Å². The smallest absolute Gasteiger partial charge is 0.347 e. The standard InChI is InChI=1S/C12H10ClN3O4/c13-9-3-1-8(2-4-9)11-14-16(7-10(18)19)12(20)15(11)5-6-17/h1-4,6H,5,7H2,(H,18,19). The Labute approximate surface area is 118 Å². The van der Waals surface area contributed by atoms with Crippen molar-refractivity contribution in [3.8, 4) is 11.4 Å². The predicted molar refractivity (Wildman–Crippen MR) is 70.6 cm³/mol. The first kappa shape index (κ1) is 14.0. The molecule has 1 aromatic carbocycles. The minimum absolute atomic E-state index is 0.198. The van der Waals surface area contributed by atoms with Crippen molar-refractivity contribution in [3.05, 3.63) is 39.8 Å². The zero-order valence-corrected chi connectivity index (χ0v) is 10.9. The first-order valence-corrected chi connectivity index (χ1v) is 5.99. The number of nitrogens with zero attached hydrogens (tertiary/aromatic N) is 3. The van der Waals surface area contributed by atoms with Crippen LogP contribution in [-0.4, -0.2) is 31.7 Å². The SMILES string of the molecule is O=CCn1c(-c2ccc(Cl)cc2)nn(CC(=O)O)c1=O. The number of aromatic nitrogens is 3. The summed E-state index contributed by atoms with van der Waals surface area (Å²) in [4.78, 5) is 33.3. The third kappa shape index (κ3) is 2.77. The predicted octanol–water partition coefficient (Wildman–Crippen LogP) is 0.649. The lowest BCUT2D eigenvalue weighted by molar-refractivity contribution is -0.138. The zero-order chi connectivity index (χ0) is 14.7. The molecule has 0 atom stereocenters. The van der Waals surface area contributed by atoms with E-state index < -0.39 is 18.2 Å². The van der Waals surface area contributed by atoms with Gasteiger partial charge in [-0.3, -0.25) is 9.36 Å². The molecule has 0 aliphatic rings. The van der Waals surface area contributed by atoms with Crippen molar-refractivity contribution in [1.29, 1.82) is 0 Å². The van der Waals surface area contributed by atoms with Crippen LogP contribution in [0.5, 0.6) is 0 Å². The Kier molecular flexibility index (Phi) is 3.99. The molecule has 0 aliphatic carbocycles. The molecule has 2 aromatic rings. The van der Waals surface area contributed by atoms with Crippen molar-refractivity contribution in [2.24, 2.45) is 0 Å². The minimum Gasteiger partial charge on any atom is -0.480 e. The van der Waals surface area contributed by atoms with Gasteiger partial charge in [-0.2, -0.15) is 0 Å². The second kappa shape index (κ2) is 5.70. The van der Waals surface area contributed by atoms with Gasteiger partial charge in [-0.1, -0.05) is 11.6 Å². The number of carbonyl (C=O) groups excluding carboxylic acids is 1. The Morgan fingerprint density at radius 2 is 2.00 bits per heavy atom. The highest BCUT2D eigenvalue weighted by Crippen LogP contribution is 2.18. The van der Waals surface area contributed by atoms with Gasteiger partial charge < -0.3 is 9.90 Å². The number of aliphatic carboxylic acids is 1. The van der Waals surface area contributed by atoms with E-state index in [1.165, 1.54) is 0 Å². The Hall–Kier alpha value is -2.41. The number of aldehydes is 1. The number of benzene rings is 1. The molecule has 0 spiro atoms. The van der Waals surface area contributed by atoms with Crippen molar-refractivity contribution in [3.63, 3.8) is 0 Å². The maximum absolute atomic E-state index is 12.0. The molecule has 20 heavy (non-hydrogen) atoms. The number of carbonyl (C=O) groups is 2. The van der Waals surface area contributed by atoms with Crippen LogP contribution >= 0.6 is 11.6 Å². The highest BCUT2D eigenvalue weighted by molar-refractivity contribution is 6.30. The molecular weight excluding hydrogens is 286 g/mol. The molecule has 2 rings (SSSR count). The van der Waals surface area contributed by atoms with Gasteiger partial charge in [0, 0.05) is 10.6 Å². The van der Waals surface area contributed by atoms with Gasteiger partial charge in [-0.05, 0) is 24.3 Å². The molecule has 0 amide bonds. The van der Waals surface area contributed by atoms with E-state index in [0.29, 0.717) is 16.9 Å². The molecule has 8 heteroatoms. The second-order valence-electron chi connectivity index (χ2n) is 3.94. The van der Waals surface area contributed by atoms with E-state index in [-0.39, 0.29) is 12.4 Å². The molecule has 0 radical (unpaired) electrons. The molecule has 0 unspecified atom stereocenters. The molecule has 0 saturated heterocycles. The quantitative estimate of drug-likeness (QED) is 0.817. The van der Waals surface area contributed by atoms with Crippen LogP contribution in [0.1, 0.15) is 0 Å². The number of rotatable bonds is 5. The van der Waals surface area contributed by atoms with E-state index >= 15 is 0 Å². The van der Waals surface area contributed by atoms with Gasteiger partial charge in [-0.15, -0.1) is 5.10 Å². The monoisotopic (exact) mass is 295 g/mol. The number of carboxylic acids is 1. The Bertz CT molecular complexity index is 702. The molecule has 0 aliphatic heterocycles. The average molecular weight is 296 g/mol. The van der Waals surface area contributed by atoms with Gasteiger partial charge in [-0.25, -0.2) is 9.48 Å². The highest BCUT2D eigenvalue weighted by Gasteiger charge is 2.16. The number of hydrogen-bond donors (Lipinski definition) is 1. The van der Waals surface area contributed by atoms with Gasteiger partial charge in [0.05, 0.1) is 6.54 Å². The summed E-state index contributed by atoms with van der Waals surface area (Å²) in [5.41, 5.74) is -0.0815. The first-order valence-electron chi connectivity index (χ1n) is 5.62. The fourth-order valence-electron chi connectivity index (χ4n) is 1.72. The molecule has 7 nitrogen and oxygen atoms in total. The van der Waals surface area contributed by atoms with Crippen molar-refractivity contribution in [2.45, 2.75) is 13.1 Å². The highest BCUT2D eigenvalue weighted by atomic mass is 35.5. The third-order valence-electron chi connectivity index (χ3n) is 2.57. The van der Waals surface area contributed by atoms with Crippen molar-refractivity contribution in [1.82, 2.24) is 14.3 Å². The Balaban J connectivity index is 2.56. The molecule has 0 fully saturated rings. The van der Waals surface area contributed by atoms with Gasteiger partial charge in [0.25, 0.3) is 0 Å². The van der Waals surface area contributed by atoms with Crippen LogP contribution in [0.25, 0.3) is 11.4 Å². The number of carboxylic acid groups (broad SMARTS) is 1. The summed E-state index contributed by atoms with van der Waals surface area (Å²) in [5.74, 6) is -0.967. The van der Waals surface area contributed by atoms with Crippen LogP contribution in [0.2, 0.25) is 5.02 Å². The summed E-state index contributed by atoms with van der Waals surface area (Å²) < 4.78 is 1.91. The van der Waals surface area contributed by atoms with Gasteiger partial charge in [0.2, 0.25) is 0 Å². The molecule has 1 heterocycles. The van der Waals surface area contributed by atoms with E-state index in [9.17, 15) is 14.4 Å². The molecular formula is C12H10ClN3O4. The topological polar surface area (TPSA) is 94.2 Å². The first-order chi connectivity index (χ1) is 9.52. The molecule has 1 aromatic heterocycles. The lowest BCUT2D eigenvalue weighted by Crippen LogP contribution is -2.28. The maximum Gasteiger partial charge on any atom is 0.347 e. The van der Waals surface area contributed by atoms with Crippen molar-refractivity contribution in [2.75, 3.05) is 0 Å². The normalized spacial score (nSPS) is 10.4. The summed E-state index contributed by atoms with van der Waals surface area (Å²) in [5, 5.41) is 13.2. The van der Waals surface area contributed by atoms with E-state index in [4.69, 9.17) is 16.7 Å². The van der Waals surface area contributed by atoms with Gasteiger partial charge >= 0.3 is 11.7 Å². The van der Waals surface area contributed by atoms with Gasteiger partial charge in [0.15, 0.2) is 5.82 Å². The second-order valence-corrected chi connectivity index (χ2v) is 4.38. The van der Waals surface area contributed by atoms with E-state index in [1.807, 2.05) is 0 Å². The summed E-state index contributed by atoms with van der Waals surface area (Å²) in [6.07, 6.45) is 0.549. The lowest BCUT2D eigenvalue weighted by atomic mass is 10.2. The third-order valence-corrected chi connectivity index (χ3v) is 2.82. The van der Waals surface area contributed by atoms with Crippen LogP contribution < -0.4 is 5.69 Å². The van der Waals surface area contributed by atoms with Crippen LogP contribution in [0.4, 0.5) is 0 Å². The maximum atomic E-state index is 12.0. The van der Waals surface area contributed by atoms with E-state index in [2.05, 4.69) is 5.10 Å². The van der Waals surface area contributed by atoms with Crippen LogP contribution in [-0.2, 0) is 22.7 Å². The molecule has 104 valence electrons. The largest absolute Gasteiger partial charge is 0.480 e. The molecule has 0 saturated carbocycles. The number of hydrogen-bond acceptors (Lipinski definition) is 4. The summed E-state index contributed by atoms with van der Waals surface area (Å²) in [6, 6.07) is 6.50. The summed E-state index contributed by atoms with van der Waals surface area (Å²) in [6.45, 7) is -0.762. The molecule has 0 bridgehead atoms. The Morgan fingerprint density at radius 3 is 2.55 bits per heavy atom. The fraction of sp³-hybridized carbons (Fsp3) is 0.167.